The summed E-state index contributed by atoms with van der Waals surface area (Å²) in [6.07, 6.45) is 0. The van der Waals surface area contributed by atoms with Crippen molar-refractivity contribution in [1.82, 2.24) is 4.31 Å². The van der Waals surface area contributed by atoms with Crippen molar-refractivity contribution < 1.29 is 8.42 Å². The summed E-state index contributed by atoms with van der Waals surface area (Å²) in [5, 5.41) is 0.116. The highest BCUT2D eigenvalue weighted by atomic mass is 32.2. The zero-order chi connectivity index (χ0) is 15.9. The highest BCUT2D eigenvalue weighted by Crippen LogP contribution is 2.46. The Bertz CT molecular complexity index is 800. The van der Waals surface area contributed by atoms with Gasteiger partial charge in [0, 0.05) is 17.9 Å². The van der Waals surface area contributed by atoms with Gasteiger partial charge in [-0.15, -0.1) is 11.8 Å². The Morgan fingerprint density at radius 1 is 1.00 bits per heavy atom. The number of benzene rings is 2. The highest BCUT2D eigenvalue weighted by molar-refractivity contribution is 8.01. The Labute approximate surface area is 136 Å². The summed E-state index contributed by atoms with van der Waals surface area (Å²) in [5.41, 5.74) is 2.85. The Hall–Kier alpha value is -1.30. The normalized spacial score (nSPS) is 20.3. The zero-order valence-electron chi connectivity index (χ0n) is 12.9. The molecule has 0 aliphatic carbocycles. The summed E-state index contributed by atoms with van der Waals surface area (Å²) in [6, 6.07) is 15.2. The molecule has 0 aromatic heterocycles. The van der Waals surface area contributed by atoms with Crippen LogP contribution < -0.4 is 0 Å². The Kier molecular flexibility index (Phi) is 4.05. The molecule has 0 N–H and O–H groups in total. The topological polar surface area (TPSA) is 37.4 Å². The van der Waals surface area contributed by atoms with E-state index in [1.54, 1.807) is 30.9 Å². The van der Waals surface area contributed by atoms with Gasteiger partial charge in [-0.25, -0.2) is 8.42 Å². The molecule has 0 bridgehead atoms. The Balaban J connectivity index is 2.33. The molecule has 0 radical (unpaired) electrons. The Morgan fingerprint density at radius 3 is 2.27 bits per heavy atom. The van der Waals surface area contributed by atoms with E-state index in [-0.39, 0.29) is 5.37 Å². The maximum Gasteiger partial charge on any atom is 0.244 e. The number of sulfonamides is 1. The molecule has 2 aromatic rings. The lowest BCUT2D eigenvalue weighted by Crippen LogP contribution is -2.29. The molecule has 1 heterocycles. The van der Waals surface area contributed by atoms with Crippen LogP contribution in [0, 0.1) is 0 Å². The smallest absolute Gasteiger partial charge is 0.207 e. The SMILES string of the molecule is CC(C)S[C@@H]1c2ccccc2-c2ccccc2S(=O)(=O)N1C. The van der Waals surface area contributed by atoms with E-state index in [9.17, 15) is 8.42 Å². The van der Waals surface area contributed by atoms with Gasteiger partial charge in [-0.3, -0.25) is 0 Å². The van der Waals surface area contributed by atoms with Crippen LogP contribution in [0.4, 0.5) is 0 Å². The van der Waals surface area contributed by atoms with Crippen LogP contribution in [0.5, 0.6) is 0 Å². The van der Waals surface area contributed by atoms with E-state index in [1.165, 1.54) is 4.31 Å². The summed E-state index contributed by atoms with van der Waals surface area (Å²) < 4.78 is 27.5. The van der Waals surface area contributed by atoms with Gasteiger partial charge in [0.1, 0.15) is 0 Å². The van der Waals surface area contributed by atoms with Crippen molar-refractivity contribution in [2.75, 3.05) is 7.05 Å². The minimum absolute atomic E-state index is 0.214. The van der Waals surface area contributed by atoms with E-state index < -0.39 is 10.0 Å². The van der Waals surface area contributed by atoms with Crippen LogP contribution in [0.25, 0.3) is 11.1 Å². The standard InChI is InChI=1S/C17H19NO2S2/c1-12(2)21-17-15-10-5-4-8-13(15)14-9-6-7-11-16(14)22(19,20)18(17)3/h4-12,17H,1-3H3/t17-/m1/s1. The molecule has 22 heavy (non-hydrogen) atoms. The quantitative estimate of drug-likeness (QED) is 0.829. The molecule has 1 aliphatic rings. The van der Waals surface area contributed by atoms with E-state index in [4.69, 9.17) is 0 Å². The van der Waals surface area contributed by atoms with Gasteiger partial charge in [0.25, 0.3) is 0 Å². The fourth-order valence-corrected chi connectivity index (χ4v) is 5.68. The van der Waals surface area contributed by atoms with Crippen molar-refractivity contribution in [1.29, 1.82) is 0 Å². The van der Waals surface area contributed by atoms with Gasteiger partial charge in [0.05, 0.1) is 10.3 Å². The third kappa shape index (κ3) is 2.47. The van der Waals surface area contributed by atoms with Crippen molar-refractivity contribution in [2.24, 2.45) is 0 Å². The van der Waals surface area contributed by atoms with E-state index in [0.717, 1.165) is 16.7 Å². The third-order valence-corrected chi connectivity index (χ3v) is 7.18. The van der Waals surface area contributed by atoms with Gasteiger partial charge in [-0.05, 0) is 17.2 Å². The van der Waals surface area contributed by atoms with Crippen molar-refractivity contribution in [3.63, 3.8) is 0 Å². The van der Waals surface area contributed by atoms with Crippen LogP contribution in [0.15, 0.2) is 53.4 Å². The number of hydrogen-bond acceptors (Lipinski definition) is 3. The van der Waals surface area contributed by atoms with Crippen molar-refractivity contribution in [3.8, 4) is 11.1 Å². The van der Waals surface area contributed by atoms with Crippen molar-refractivity contribution in [2.45, 2.75) is 29.4 Å². The van der Waals surface area contributed by atoms with E-state index in [1.807, 2.05) is 36.4 Å². The minimum atomic E-state index is -3.51. The third-order valence-electron chi connectivity index (χ3n) is 3.79. The average molecular weight is 333 g/mol. The van der Waals surface area contributed by atoms with Gasteiger partial charge in [0.15, 0.2) is 0 Å². The number of nitrogens with zero attached hydrogens (tertiary/aromatic N) is 1. The molecule has 116 valence electrons. The van der Waals surface area contributed by atoms with E-state index in [0.29, 0.717) is 10.1 Å². The second-order valence-electron chi connectivity index (χ2n) is 5.64. The molecule has 3 nitrogen and oxygen atoms in total. The van der Waals surface area contributed by atoms with Crippen LogP contribution in [0.2, 0.25) is 0 Å². The van der Waals surface area contributed by atoms with Gasteiger partial charge >= 0.3 is 0 Å². The molecule has 1 aliphatic heterocycles. The fraction of sp³-hybridized carbons (Fsp3) is 0.294. The van der Waals surface area contributed by atoms with Crippen LogP contribution >= 0.6 is 11.8 Å². The molecule has 5 heteroatoms. The van der Waals surface area contributed by atoms with Gasteiger partial charge in [0.2, 0.25) is 10.0 Å². The molecule has 0 unspecified atom stereocenters. The minimum Gasteiger partial charge on any atom is -0.207 e. The first-order valence-electron chi connectivity index (χ1n) is 7.24. The maximum absolute atomic E-state index is 13.0. The van der Waals surface area contributed by atoms with E-state index >= 15 is 0 Å². The first kappa shape index (κ1) is 15.6. The lowest BCUT2D eigenvalue weighted by Gasteiger charge is -2.27. The molecule has 0 fully saturated rings. The molecular weight excluding hydrogens is 314 g/mol. The van der Waals surface area contributed by atoms with Gasteiger partial charge in [-0.1, -0.05) is 56.3 Å². The molecule has 0 saturated carbocycles. The Morgan fingerprint density at radius 2 is 1.59 bits per heavy atom. The molecular formula is C17H19NO2S2. The van der Waals surface area contributed by atoms with Gasteiger partial charge in [-0.2, -0.15) is 4.31 Å². The first-order chi connectivity index (χ1) is 10.4. The van der Waals surface area contributed by atoms with Crippen LogP contribution in [0.3, 0.4) is 0 Å². The van der Waals surface area contributed by atoms with E-state index in [2.05, 4.69) is 13.8 Å². The number of thioether (sulfide) groups is 1. The number of hydrogen-bond donors (Lipinski definition) is 0. The van der Waals surface area contributed by atoms with Crippen LogP contribution in [-0.4, -0.2) is 25.0 Å². The zero-order valence-corrected chi connectivity index (χ0v) is 14.5. The summed E-state index contributed by atoms with van der Waals surface area (Å²) >= 11 is 1.66. The second kappa shape index (κ2) is 5.72. The number of rotatable bonds is 2. The largest absolute Gasteiger partial charge is 0.244 e. The second-order valence-corrected chi connectivity index (χ2v) is 9.27. The predicted octanol–water partition coefficient (Wildman–Crippen LogP) is 4.13. The summed E-state index contributed by atoms with van der Waals surface area (Å²) in [5.74, 6) is 0. The van der Waals surface area contributed by atoms with Crippen LogP contribution in [-0.2, 0) is 10.0 Å². The predicted molar refractivity (Wildman–Crippen MR) is 92.3 cm³/mol. The number of fused-ring (bicyclic) bond motifs is 3. The summed E-state index contributed by atoms with van der Waals surface area (Å²) in [4.78, 5) is 0.386. The molecule has 0 spiro atoms. The molecule has 2 aromatic carbocycles. The highest BCUT2D eigenvalue weighted by Gasteiger charge is 2.36. The lowest BCUT2D eigenvalue weighted by molar-refractivity contribution is 0.461. The fourth-order valence-electron chi connectivity index (χ4n) is 2.77. The molecule has 0 saturated heterocycles. The lowest BCUT2D eigenvalue weighted by atomic mass is 9.99. The average Bonchev–Trinajstić information content (AvgIpc) is 2.57. The molecule has 3 rings (SSSR count). The monoisotopic (exact) mass is 333 g/mol. The summed E-state index contributed by atoms with van der Waals surface area (Å²) in [6.45, 7) is 4.18. The van der Waals surface area contributed by atoms with Crippen molar-refractivity contribution in [3.05, 3.63) is 54.1 Å². The van der Waals surface area contributed by atoms with Gasteiger partial charge < -0.3 is 0 Å². The first-order valence-corrected chi connectivity index (χ1v) is 9.63. The maximum atomic E-state index is 13.0. The molecule has 0 amide bonds. The van der Waals surface area contributed by atoms with Crippen LogP contribution in [0.1, 0.15) is 24.8 Å². The molecule has 1 atom stereocenters. The summed E-state index contributed by atoms with van der Waals surface area (Å²) in [7, 11) is -1.83. The van der Waals surface area contributed by atoms with Crippen molar-refractivity contribution >= 4 is 21.8 Å².